The van der Waals surface area contributed by atoms with Crippen LogP contribution in [0.25, 0.3) is 5.69 Å². The first-order valence-corrected chi connectivity index (χ1v) is 14.3. The molecule has 2 amide bonds. The molecule has 14 nitrogen and oxygen atoms in total. The second kappa shape index (κ2) is 13.3. The molecule has 3 aromatic rings. The molecule has 2 saturated heterocycles. The molecule has 1 aromatic carbocycles. The summed E-state index contributed by atoms with van der Waals surface area (Å²) in [6.07, 6.45) is 2.79. The lowest BCUT2D eigenvalue weighted by molar-refractivity contribution is 0.100. The van der Waals surface area contributed by atoms with Crippen molar-refractivity contribution in [2.75, 3.05) is 86.9 Å². The maximum Gasteiger partial charge on any atom is 0.409 e. The summed E-state index contributed by atoms with van der Waals surface area (Å²) in [6, 6.07) is 11.7. The number of hydrogen-bond donors (Lipinski definition) is 2. The van der Waals surface area contributed by atoms with Crippen molar-refractivity contribution in [2.24, 2.45) is 0 Å². The number of nitrogens with two attached hydrogens (primary N) is 1. The Kier molecular flexibility index (Phi) is 9.09. The van der Waals surface area contributed by atoms with E-state index in [2.05, 4.69) is 30.2 Å². The van der Waals surface area contributed by atoms with E-state index in [0.29, 0.717) is 45.3 Å². The van der Waals surface area contributed by atoms with E-state index in [-0.39, 0.29) is 18.1 Å². The number of pyridine rings is 1. The summed E-state index contributed by atoms with van der Waals surface area (Å²) in [4.78, 5) is 40.8. The summed E-state index contributed by atoms with van der Waals surface area (Å²) in [5.41, 5.74) is 8.88. The molecule has 0 spiro atoms. The first kappa shape index (κ1) is 28.8. The molecular formula is C28H38N10O4. The molecule has 0 unspecified atom stereocenters. The highest BCUT2D eigenvalue weighted by molar-refractivity contribution is 5.68. The summed E-state index contributed by atoms with van der Waals surface area (Å²) in [6.45, 7) is 7.78. The Morgan fingerprint density at radius 3 is 2.33 bits per heavy atom. The molecule has 224 valence electrons. The number of carbonyl (C=O) groups excluding carboxylic acids is 2. The standard InChI is InChI=1S/C28H38N10O4/c1-3-19-42-28(40)37-16-13-34(14-17-37)22-7-5-21(6-8-22)31-26-32-25(29)38(33-26)23-9-10-30-24(20-23)35-11-4-12-36(18-15-35)27(39)41-2/h5-10,20H,3-4,11-19H2,1-2H3,(H3,29,31,32,33). The monoisotopic (exact) mass is 578 g/mol. The third kappa shape index (κ3) is 6.75. The number of anilines is 5. The second-order valence-electron chi connectivity index (χ2n) is 10.1. The third-order valence-electron chi connectivity index (χ3n) is 7.31. The van der Waals surface area contributed by atoms with E-state index in [1.165, 1.54) is 7.11 Å². The fourth-order valence-corrected chi connectivity index (χ4v) is 5.05. The van der Waals surface area contributed by atoms with Crippen molar-refractivity contribution in [3.8, 4) is 5.69 Å². The van der Waals surface area contributed by atoms with Crippen LogP contribution in [0.4, 0.5) is 38.7 Å². The number of nitrogens with one attached hydrogen (secondary N) is 1. The summed E-state index contributed by atoms with van der Waals surface area (Å²) in [5, 5.41) is 7.81. The SMILES string of the molecule is CCCOC(=O)N1CCN(c2ccc(Nc3nc(N)n(-c4ccnc(N5CCCN(C(=O)OC)CC5)c4)n3)cc2)CC1. The maximum absolute atomic E-state index is 12.1. The Labute approximate surface area is 245 Å². The van der Waals surface area contributed by atoms with E-state index in [0.717, 1.165) is 55.4 Å². The molecule has 0 atom stereocenters. The van der Waals surface area contributed by atoms with Gasteiger partial charge in [-0.15, -0.1) is 5.10 Å². The van der Waals surface area contributed by atoms with E-state index in [1.807, 2.05) is 43.3 Å². The predicted molar refractivity (Wildman–Crippen MR) is 160 cm³/mol. The highest BCUT2D eigenvalue weighted by Gasteiger charge is 2.23. The van der Waals surface area contributed by atoms with Crippen LogP contribution in [0.3, 0.4) is 0 Å². The van der Waals surface area contributed by atoms with Gasteiger partial charge in [-0.05, 0) is 43.2 Å². The molecular weight excluding hydrogens is 540 g/mol. The highest BCUT2D eigenvalue weighted by atomic mass is 16.6. The molecule has 14 heteroatoms. The van der Waals surface area contributed by atoms with Crippen LogP contribution in [0.2, 0.25) is 0 Å². The third-order valence-corrected chi connectivity index (χ3v) is 7.31. The number of carbonyl (C=O) groups is 2. The summed E-state index contributed by atoms with van der Waals surface area (Å²) in [7, 11) is 1.40. The number of aromatic nitrogens is 4. The zero-order valence-corrected chi connectivity index (χ0v) is 24.1. The average Bonchev–Trinajstić information content (AvgIpc) is 3.22. The van der Waals surface area contributed by atoms with Gasteiger partial charge in [0.1, 0.15) is 5.82 Å². The molecule has 2 aliphatic rings. The van der Waals surface area contributed by atoms with Gasteiger partial charge in [0.25, 0.3) is 0 Å². The van der Waals surface area contributed by atoms with Crippen molar-refractivity contribution < 1.29 is 19.1 Å². The predicted octanol–water partition coefficient (Wildman–Crippen LogP) is 2.94. The first-order valence-electron chi connectivity index (χ1n) is 14.3. The highest BCUT2D eigenvalue weighted by Crippen LogP contribution is 2.24. The molecule has 5 rings (SSSR count). The minimum atomic E-state index is -0.312. The number of piperazine rings is 1. The molecule has 3 N–H and O–H groups in total. The smallest absolute Gasteiger partial charge is 0.409 e. The fraction of sp³-hybridized carbons (Fsp3) is 0.464. The Bertz CT molecular complexity index is 1360. The minimum Gasteiger partial charge on any atom is -0.453 e. The van der Waals surface area contributed by atoms with Gasteiger partial charge in [-0.25, -0.2) is 14.6 Å². The average molecular weight is 579 g/mol. The maximum atomic E-state index is 12.1. The second-order valence-corrected chi connectivity index (χ2v) is 10.1. The van der Waals surface area contributed by atoms with Crippen LogP contribution in [0.5, 0.6) is 0 Å². The Morgan fingerprint density at radius 1 is 0.905 bits per heavy atom. The Balaban J connectivity index is 1.19. The van der Waals surface area contributed by atoms with Crippen LogP contribution in [0, 0.1) is 0 Å². The van der Waals surface area contributed by atoms with Gasteiger partial charge in [0.15, 0.2) is 0 Å². The number of nitrogen functional groups attached to an aromatic ring is 1. The van der Waals surface area contributed by atoms with E-state index >= 15 is 0 Å². The van der Waals surface area contributed by atoms with Crippen molar-refractivity contribution in [3.63, 3.8) is 0 Å². The van der Waals surface area contributed by atoms with Crippen LogP contribution in [-0.2, 0) is 9.47 Å². The summed E-state index contributed by atoms with van der Waals surface area (Å²) >= 11 is 0. The Hall–Kier alpha value is -4.75. The van der Waals surface area contributed by atoms with E-state index in [1.54, 1.807) is 20.7 Å². The lowest BCUT2D eigenvalue weighted by Crippen LogP contribution is -2.49. The van der Waals surface area contributed by atoms with Gasteiger partial charge in [-0.2, -0.15) is 9.67 Å². The van der Waals surface area contributed by atoms with E-state index in [9.17, 15) is 9.59 Å². The van der Waals surface area contributed by atoms with Gasteiger partial charge in [0, 0.05) is 76.0 Å². The molecule has 0 aliphatic carbocycles. The molecule has 4 heterocycles. The van der Waals surface area contributed by atoms with Gasteiger partial charge in [0.2, 0.25) is 11.9 Å². The zero-order valence-electron chi connectivity index (χ0n) is 24.1. The van der Waals surface area contributed by atoms with E-state index in [4.69, 9.17) is 15.2 Å². The van der Waals surface area contributed by atoms with Crippen molar-refractivity contribution in [2.45, 2.75) is 19.8 Å². The van der Waals surface area contributed by atoms with Crippen LogP contribution >= 0.6 is 0 Å². The van der Waals surface area contributed by atoms with Crippen molar-refractivity contribution in [1.29, 1.82) is 0 Å². The number of rotatable bonds is 7. The van der Waals surface area contributed by atoms with Gasteiger partial charge in [-0.1, -0.05) is 6.92 Å². The summed E-state index contributed by atoms with van der Waals surface area (Å²) < 4.78 is 11.7. The van der Waals surface area contributed by atoms with Crippen molar-refractivity contribution >= 4 is 41.3 Å². The zero-order chi connectivity index (χ0) is 29.5. The number of hydrogen-bond acceptors (Lipinski definition) is 11. The molecule has 0 radical (unpaired) electrons. The van der Waals surface area contributed by atoms with E-state index < -0.39 is 0 Å². The van der Waals surface area contributed by atoms with Crippen LogP contribution in [0.1, 0.15) is 19.8 Å². The first-order chi connectivity index (χ1) is 20.4. The molecule has 0 saturated carbocycles. The quantitative estimate of drug-likeness (QED) is 0.426. The van der Waals surface area contributed by atoms with Crippen LogP contribution in [0.15, 0.2) is 42.6 Å². The number of ether oxygens (including phenoxy) is 2. The minimum absolute atomic E-state index is 0.237. The summed E-state index contributed by atoms with van der Waals surface area (Å²) in [5.74, 6) is 1.40. The molecule has 42 heavy (non-hydrogen) atoms. The van der Waals surface area contributed by atoms with Crippen molar-refractivity contribution in [3.05, 3.63) is 42.6 Å². The number of amides is 2. The van der Waals surface area contributed by atoms with Crippen LogP contribution in [-0.4, -0.2) is 108 Å². The molecule has 2 fully saturated rings. The Morgan fingerprint density at radius 2 is 1.62 bits per heavy atom. The number of benzene rings is 1. The normalized spacial score (nSPS) is 15.8. The van der Waals surface area contributed by atoms with Gasteiger partial charge >= 0.3 is 12.2 Å². The van der Waals surface area contributed by atoms with Crippen molar-refractivity contribution in [1.82, 2.24) is 29.5 Å². The molecule has 0 bridgehead atoms. The number of methoxy groups -OCH3 is 1. The van der Waals surface area contributed by atoms with Gasteiger partial charge in [0.05, 0.1) is 19.4 Å². The molecule has 2 aliphatic heterocycles. The largest absolute Gasteiger partial charge is 0.453 e. The van der Waals surface area contributed by atoms with Gasteiger partial charge < -0.3 is 40.1 Å². The molecule has 2 aromatic heterocycles. The fourth-order valence-electron chi connectivity index (χ4n) is 5.05. The topological polar surface area (TPSA) is 147 Å². The van der Waals surface area contributed by atoms with Crippen LogP contribution < -0.4 is 20.9 Å². The number of nitrogens with zero attached hydrogens (tertiary/aromatic N) is 8. The van der Waals surface area contributed by atoms with Gasteiger partial charge in [-0.3, -0.25) is 0 Å². The lowest BCUT2D eigenvalue weighted by Gasteiger charge is -2.35. The lowest BCUT2D eigenvalue weighted by atomic mass is 10.2.